The molecule has 0 N–H and O–H groups in total. The second-order valence-corrected chi connectivity index (χ2v) is 7.96. The van der Waals surface area contributed by atoms with Crippen LogP contribution in [0.2, 0.25) is 0 Å². The summed E-state index contributed by atoms with van der Waals surface area (Å²) in [4.78, 5) is 11.8. The van der Waals surface area contributed by atoms with Gasteiger partial charge in [-0.05, 0) is 23.7 Å². The molecule has 0 saturated carbocycles. The molecule has 3 nitrogen and oxygen atoms in total. The monoisotopic (exact) mass is 326 g/mol. The van der Waals surface area contributed by atoms with Gasteiger partial charge in [0.2, 0.25) is 0 Å². The Balaban J connectivity index is 4.03. The molecule has 0 amide bonds. The van der Waals surface area contributed by atoms with Gasteiger partial charge in [0.15, 0.2) is 0 Å². The van der Waals surface area contributed by atoms with Crippen LogP contribution in [0, 0.1) is 17.3 Å². The third kappa shape index (κ3) is 11.2. The fourth-order valence-electron chi connectivity index (χ4n) is 2.84. The molecule has 0 radical (unpaired) electrons. The highest BCUT2D eigenvalue weighted by Gasteiger charge is 2.31. The number of rotatable bonds is 10. The van der Waals surface area contributed by atoms with Crippen LogP contribution >= 0.6 is 0 Å². The lowest BCUT2D eigenvalue weighted by atomic mass is 9.83. The van der Waals surface area contributed by atoms with Crippen molar-refractivity contribution in [2.45, 2.75) is 86.7 Å². The smallest absolute Gasteiger partial charge is 0.430 e. The van der Waals surface area contributed by atoms with E-state index in [0.717, 1.165) is 0 Å². The topological polar surface area (TPSA) is 35.5 Å². The van der Waals surface area contributed by atoms with Crippen molar-refractivity contribution >= 4 is 6.16 Å². The van der Waals surface area contributed by atoms with Crippen LogP contribution in [0.3, 0.4) is 0 Å². The van der Waals surface area contributed by atoms with Gasteiger partial charge in [-0.1, -0.05) is 86.3 Å². The Kier molecular flexibility index (Phi) is 11.0. The van der Waals surface area contributed by atoms with Crippen molar-refractivity contribution in [3.05, 3.63) is 12.2 Å². The van der Waals surface area contributed by atoms with Crippen LogP contribution < -0.4 is 0 Å². The summed E-state index contributed by atoms with van der Waals surface area (Å²) in [5, 5.41) is 0. The van der Waals surface area contributed by atoms with Gasteiger partial charge < -0.3 is 9.47 Å². The SMILES string of the molecule is CCCCCCC(C)/C=C\COC(=O)OC(C(C)C)C(C)(C)C. The Morgan fingerprint density at radius 2 is 1.74 bits per heavy atom. The van der Waals surface area contributed by atoms with Crippen molar-refractivity contribution in [3.63, 3.8) is 0 Å². The number of hydrogen-bond acceptors (Lipinski definition) is 3. The van der Waals surface area contributed by atoms with Crippen molar-refractivity contribution in [1.82, 2.24) is 0 Å². The fraction of sp³-hybridized carbons (Fsp3) is 0.850. The van der Waals surface area contributed by atoms with E-state index >= 15 is 0 Å². The lowest BCUT2D eigenvalue weighted by molar-refractivity contribution is -0.0346. The Bertz CT molecular complexity index is 339. The lowest BCUT2D eigenvalue weighted by Gasteiger charge is -2.32. The summed E-state index contributed by atoms with van der Waals surface area (Å²) in [5.74, 6) is 0.797. The van der Waals surface area contributed by atoms with Crippen LogP contribution in [0.25, 0.3) is 0 Å². The van der Waals surface area contributed by atoms with Gasteiger partial charge in [0.25, 0.3) is 0 Å². The van der Waals surface area contributed by atoms with Crippen molar-refractivity contribution in [2.24, 2.45) is 17.3 Å². The van der Waals surface area contributed by atoms with E-state index in [0.29, 0.717) is 5.92 Å². The molecule has 0 aromatic carbocycles. The van der Waals surface area contributed by atoms with Crippen molar-refractivity contribution in [2.75, 3.05) is 6.61 Å². The van der Waals surface area contributed by atoms with E-state index in [1.165, 1.54) is 32.1 Å². The van der Waals surface area contributed by atoms with Crippen molar-refractivity contribution in [1.29, 1.82) is 0 Å². The van der Waals surface area contributed by atoms with Crippen LogP contribution in [-0.4, -0.2) is 18.9 Å². The molecule has 0 aliphatic carbocycles. The van der Waals surface area contributed by atoms with Crippen molar-refractivity contribution in [3.8, 4) is 0 Å². The molecule has 0 saturated heterocycles. The molecule has 0 aliphatic rings. The van der Waals surface area contributed by atoms with Gasteiger partial charge in [-0.25, -0.2) is 4.79 Å². The Morgan fingerprint density at radius 3 is 2.26 bits per heavy atom. The first kappa shape index (κ1) is 22.0. The molecule has 0 fully saturated rings. The maximum atomic E-state index is 11.8. The molecule has 0 aromatic heterocycles. The molecule has 0 spiro atoms. The van der Waals surface area contributed by atoms with E-state index in [9.17, 15) is 4.79 Å². The standard InChI is InChI=1S/C20H38O3/c1-8-9-10-11-13-17(4)14-12-15-22-19(21)23-18(16(2)3)20(5,6)7/h12,14,16-18H,8-11,13,15H2,1-7H3/b14-12-. The zero-order valence-corrected chi connectivity index (χ0v) is 16.4. The highest BCUT2D eigenvalue weighted by Crippen LogP contribution is 2.28. The van der Waals surface area contributed by atoms with E-state index in [4.69, 9.17) is 9.47 Å². The number of hydrogen-bond donors (Lipinski definition) is 0. The Labute approximate surface area is 143 Å². The van der Waals surface area contributed by atoms with Crippen molar-refractivity contribution < 1.29 is 14.3 Å². The number of allylic oxidation sites excluding steroid dienone is 1. The van der Waals surface area contributed by atoms with E-state index in [-0.39, 0.29) is 24.0 Å². The molecule has 2 atom stereocenters. The minimum absolute atomic E-state index is 0.0873. The van der Waals surface area contributed by atoms with Crippen LogP contribution in [0.4, 0.5) is 4.79 Å². The maximum absolute atomic E-state index is 11.8. The lowest BCUT2D eigenvalue weighted by Crippen LogP contribution is -2.36. The molecular weight excluding hydrogens is 288 g/mol. The van der Waals surface area contributed by atoms with Gasteiger partial charge in [-0.15, -0.1) is 0 Å². The quantitative estimate of drug-likeness (QED) is 0.266. The summed E-state index contributed by atoms with van der Waals surface area (Å²) >= 11 is 0. The van der Waals surface area contributed by atoms with Gasteiger partial charge in [-0.3, -0.25) is 0 Å². The summed E-state index contributed by atoms with van der Waals surface area (Å²) in [6, 6.07) is 0. The normalized spacial score (nSPS) is 15.0. The second-order valence-electron chi connectivity index (χ2n) is 7.96. The first-order valence-electron chi connectivity index (χ1n) is 9.18. The number of unbranched alkanes of at least 4 members (excludes halogenated alkanes) is 3. The van der Waals surface area contributed by atoms with E-state index in [1.807, 2.05) is 6.08 Å². The molecule has 0 aliphatic heterocycles. The average Bonchev–Trinajstić information content (AvgIpc) is 2.44. The molecule has 3 heteroatoms. The molecular formula is C20H38O3. The summed E-state index contributed by atoms with van der Waals surface area (Å²) in [6.07, 6.45) is 9.69. The molecule has 23 heavy (non-hydrogen) atoms. The average molecular weight is 327 g/mol. The van der Waals surface area contributed by atoms with Gasteiger partial charge in [0, 0.05) is 0 Å². The molecule has 2 unspecified atom stereocenters. The van der Waals surface area contributed by atoms with E-state index in [2.05, 4.69) is 54.5 Å². The highest BCUT2D eigenvalue weighted by atomic mass is 16.7. The molecule has 0 rings (SSSR count). The largest absolute Gasteiger partial charge is 0.508 e. The third-order valence-electron chi connectivity index (χ3n) is 3.96. The Morgan fingerprint density at radius 1 is 1.09 bits per heavy atom. The second kappa shape index (κ2) is 11.5. The number of carbonyl (C=O) groups excluding carboxylic acids is 1. The predicted molar refractivity (Wildman–Crippen MR) is 97.6 cm³/mol. The summed E-state index contributed by atoms with van der Waals surface area (Å²) in [5.41, 5.74) is -0.0873. The summed E-state index contributed by atoms with van der Waals surface area (Å²) in [6.45, 7) is 15.1. The zero-order chi connectivity index (χ0) is 17.9. The fourth-order valence-corrected chi connectivity index (χ4v) is 2.84. The van der Waals surface area contributed by atoms with E-state index in [1.54, 1.807) is 0 Å². The van der Waals surface area contributed by atoms with Crippen LogP contribution in [0.5, 0.6) is 0 Å². The van der Waals surface area contributed by atoms with Crippen LogP contribution in [0.15, 0.2) is 12.2 Å². The molecule has 0 bridgehead atoms. The molecule has 136 valence electrons. The molecule has 0 heterocycles. The van der Waals surface area contributed by atoms with Gasteiger partial charge in [0.05, 0.1) is 0 Å². The predicted octanol–water partition coefficient (Wildman–Crippen LogP) is 6.37. The first-order valence-corrected chi connectivity index (χ1v) is 9.18. The van der Waals surface area contributed by atoms with Crippen LogP contribution in [-0.2, 0) is 9.47 Å². The Hall–Kier alpha value is -0.990. The number of carbonyl (C=O) groups is 1. The van der Waals surface area contributed by atoms with E-state index < -0.39 is 6.16 Å². The molecule has 0 aromatic rings. The summed E-state index contributed by atoms with van der Waals surface area (Å²) < 4.78 is 10.6. The minimum atomic E-state index is -0.570. The minimum Gasteiger partial charge on any atom is -0.430 e. The zero-order valence-electron chi connectivity index (χ0n) is 16.4. The first-order chi connectivity index (χ1) is 10.7. The summed E-state index contributed by atoms with van der Waals surface area (Å²) in [7, 11) is 0. The highest BCUT2D eigenvalue weighted by molar-refractivity contribution is 5.60. The maximum Gasteiger partial charge on any atom is 0.508 e. The van der Waals surface area contributed by atoms with Gasteiger partial charge in [-0.2, -0.15) is 0 Å². The van der Waals surface area contributed by atoms with Crippen LogP contribution in [0.1, 0.15) is 80.6 Å². The van der Waals surface area contributed by atoms with Gasteiger partial charge >= 0.3 is 6.16 Å². The third-order valence-corrected chi connectivity index (χ3v) is 3.96. The number of ether oxygens (including phenoxy) is 2. The van der Waals surface area contributed by atoms with Gasteiger partial charge in [0.1, 0.15) is 12.7 Å².